The third-order valence-electron chi connectivity index (χ3n) is 3.23. The van der Waals surface area contributed by atoms with Gasteiger partial charge in [-0.3, -0.25) is 4.79 Å². The normalized spacial score (nSPS) is 17.9. The summed E-state index contributed by atoms with van der Waals surface area (Å²) < 4.78 is 0. The minimum Gasteiger partial charge on any atom is -0.312 e. The maximum atomic E-state index is 12.0. The number of anilines is 1. The molecule has 1 atom stereocenters. The van der Waals surface area contributed by atoms with Crippen molar-refractivity contribution in [3.05, 3.63) is 29.3 Å². The van der Waals surface area contributed by atoms with Crippen molar-refractivity contribution in [3.63, 3.8) is 0 Å². The highest BCUT2D eigenvalue weighted by Crippen LogP contribution is 2.36. The summed E-state index contributed by atoms with van der Waals surface area (Å²) in [5, 5.41) is 0. The number of aryl methyl sites for hydroxylation is 1. The Morgan fingerprint density at radius 1 is 1.33 bits per heavy atom. The van der Waals surface area contributed by atoms with E-state index in [0.29, 0.717) is 12.3 Å². The van der Waals surface area contributed by atoms with Gasteiger partial charge in [-0.2, -0.15) is 0 Å². The number of nitrogens with zero attached hydrogens (tertiary/aromatic N) is 1. The van der Waals surface area contributed by atoms with Crippen LogP contribution in [-0.4, -0.2) is 12.5 Å². The lowest BCUT2D eigenvalue weighted by Crippen LogP contribution is -2.36. The van der Waals surface area contributed by atoms with Gasteiger partial charge in [-0.1, -0.05) is 45.4 Å². The number of carbonyl (C=O) groups excluding carboxylic acids is 1. The highest BCUT2D eigenvalue weighted by Gasteiger charge is 2.27. The standard InChI is InChI=1S/C14H19NO.C2H6/c1-4-7-15-13-6-5-10(2)8-12(13)11(3)9-14(15)16;1-2/h5-6,8,11H,4,7,9H2,1-3H3;1-2H3. The first kappa shape index (κ1) is 14.7. The van der Waals surface area contributed by atoms with Gasteiger partial charge in [0.2, 0.25) is 5.91 Å². The van der Waals surface area contributed by atoms with Crippen LogP contribution in [0.4, 0.5) is 5.69 Å². The Labute approximate surface area is 111 Å². The first-order valence-electron chi connectivity index (χ1n) is 7.04. The van der Waals surface area contributed by atoms with Gasteiger partial charge in [0.25, 0.3) is 0 Å². The summed E-state index contributed by atoms with van der Waals surface area (Å²) in [6.07, 6.45) is 1.66. The van der Waals surface area contributed by atoms with Crippen LogP contribution in [0, 0.1) is 6.92 Å². The Hall–Kier alpha value is -1.31. The number of amides is 1. The molecule has 18 heavy (non-hydrogen) atoms. The van der Waals surface area contributed by atoms with Crippen LogP contribution in [-0.2, 0) is 4.79 Å². The second-order valence-electron chi connectivity index (χ2n) is 4.71. The zero-order valence-electron chi connectivity index (χ0n) is 12.3. The van der Waals surface area contributed by atoms with Gasteiger partial charge in [-0.05, 0) is 30.9 Å². The van der Waals surface area contributed by atoms with E-state index in [0.717, 1.165) is 18.7 Å². The van der Waals surface area contributed by atoms with Gasteiger partial charge in [-0.15, -0.1) is 0 Å². The molecule has 0 saturated heterocycles. The SMILES string of the molecule is CC.CCCN1C(=O)CC(C)c2cc(C)ccc21. The Bertz CT molecular complexity index is 412. The Kier molecular flexibility index (Phi) is 5.39. The predicted octanol–water partition coefficient (Wildman–Crippen LogP) is 4.27. The second-order valence-corrected chi connectivity index (χ2v) is 4.71. The van der Waals surface area contributed by atoms with E-state index in [1.54, 1.807) is 0 Å². The molecule has 0 bridgehead atoms. The lowest BCUT2D eigenvalue weighted by molar-refractivity contribution is -0.119. The highest BCUT2D eigenvalue weighted by atomic mass is 16.2. The predicted molar refractivity (Wildman–Crippen MR) is 78.2 cm³/mol. The largest absolute Gasteiger partial charge is 0.312 e. The summed E-state index contributed by atoms with van der Waals surface area (Å²) in [5.74, 6) is 0.626. The van der Waals surface area contributed by atoms with Crippen LogP contribution >= 0.6 is 0 Å². The number of benzene rings is 1. The molecule has 1 aromatic rings. The molecule has 0 radical (unpaired) electrons. The van der Waals surface area contributed by atoms with Gasteiger partial charge >= 0.3 is 0 Å². The number of rotatable bonds is 2. The van der Waals surface area contributed by atoms with Crippen LogP contribution in [0.3, 0.4) is 0 Å². The molecule has 1 heterocycles. The summed E-state index contributed by atoms with van der Waals surface area (Å²) in [6.45, 7) is 11.2. The van der Waals surface area contributed by atoms with Crippen molar-refractivity contribution in [2.45, 2.75) is 53.4 Å². The lowest BCUT2D eigenvalue weighted by atomic mass is 9.90. The van der Waals surface area contributed by atoms with E-state index in [1.165, 1.54) is 11.1 Å². The molecule has 0 fully saturated rings. The van der Waals surface area contributed by atoms with Crippen molar-refractivity contribution in [2.24, 2.45) is 0 Å². The van der Waals surface area contributed by atoms with Crippen molar-refractivity contribution in [1.82, 2.24) is 0 Å². The third-order valence-corrected chi connectivity index (χ3v) is 3.23. The van der Waals surface area contributed by atoms with Crippen LogP contribution < -0.4 is 4.90 Å². The fourth-order valence-electron chi connectivity index (χ4n) is 2.40. The van der Waals surface area contributed by atoms with E-state index >= 15 is 0 Å². The molecule has 0 saturated carbocycles. The molecule has 2 nitrogen and oxygen atoms in total. The zero-order valence-corrected chi connectivity index (χ0v) is 12.3. The van der Waals surface area contributed by atoms with E-state index in [9.17, 15) is 4.79 Å². The molecule has 1 amide bonds. The molecule has 2 heteroatoms. The van der Waals surface area contributed by atoms with Gasteiger partial charge in [-0.25, -0.2) is 0 Å². The molecule has 2 rings (SSSR count). The van der Waals surface area contributed by atoms with Crippen molar-refractivity contribution in [2.75, 3.05) is 11.4 Å². The number of hydrogen-bond acceptors (Lipinski definition) is 1. The molecule has 1 aliphatic rings. The fraction of sp³-hybridized carbons (Fsp3) is 0.562. The molecule has 0 N–H and O–H groups in total. The molecular formula is C16H25NO. The summed E-state index contributed by atoms with van der Waals surface area (Å²) in [6, 6.07) is 6.40. The minimum atomic E-state index is 0.269. The van der Waals surface area contributed by atoms with Crippen LogP contribution in [0.15, 0.2) is 18.2 Å². The maximum absolute atomic E-state index is 12.0. The van der Waals surface area contributed by atoms with Gasteiger partial charge < -0.3 is 4.90 Å². The molecule has 0 aliphatic carbocycles. The van der Waals surface area contributed by atoms with Gasteiger partial charge in [0.05, 0.1) is 0 Å². The number of hydrogen-bond donors (Lipinski definition) is 0. The van der Waals surface area contributed by atoms with Crippen LogP contribution in [0.2, 0.25) is 0 Å². The van der Waals surface area contributed by atoms with Gasteiger partial charge in [0.15, 0.2) is 0 Å². The molecule has 1 unspecified atom stereocenters. The summed E-state index contributed by atoms with van der Waals surface area (Å²) in [4.78, 5) is 13.9. The molecule has 1 aliphatic heterocycles. The molecule has 100 valence electrons. The maximum Gasteiger partial charge on any atom is 0.227 e. The molecule has 0 spiro atoms. The molecule has 0 aromatic heterocycles. The highest BCUT2D eigenvalue weighted by molar-refractivity contribution is 5.97. The van der Waals surface area contributed by atoms with Crippen molar-refractivity contribution in [1.29, 1.82) is 0 Å². The first-order valence-corrected chi connectivity index (χ1v) is 7.04. The van der Waals surface area contributed by atoms with E-state index in [2.05, 4.69) is 39.0 Å². The summed E-state index contributed by atoms with van der Waals surface area (Å²) in [7, 11) is 0. The number of fused-ring (bicyclic) bond motifs is 1. The van der Waals surface area contributed by atoms with Crippen LogP contribution in [0.25, 0.3) is 0 Å². The second kappa shape index (κ2) is 6.58. The Morgan fingerprint density at radius 3 is 2.61 bits per heavy atom. The van der Waals surface area contributed by atoms with E-state index in [1.807, 2.05) is 18.7 Å². The minimum absolute atomic E-state index is 0.269. The fourth-order valence-corrected chi connectivity index (χ4v) is 2.40. The van der Waals surface area contributed by atoms with E-state index in [-0.39, 0.29) is 5.91 Å². The summed E-state index contributed by atoms with van der Waals surface area (Å²) in [5.41, 5.74) is 3.72. The van der Waals surface area contributed by atoms with Gasteiger partial charge in [0, 0.05) is 18.7 Å². The Morgan fingerprint density at radius 2 is 2.00 bits per heavy atom. The zero-order chi connectivity index (χ0) is 13.7. The topological polar surface area (TPSA) is 20.3 Å². The molecular weight excluding hydrogens is 222 g/mol. The quantitative estimate of drug-likeness (QED) is 0.764. The van der Waals surface area contributed by atoms with Crippen LogP contribution in [0.1, 0.15) is 57.6 Å². The van der Waals surface area contributed by atoms with Gasteiger partial charge in [0.1, 0.15) is 0 Å². The van der Waals surface area contributed by atoms with Crippen molar-refractivity contribution in [3.8, 4) is 0 Å². The first-order chi connectivity index (χ1) is 8.63. The molecule has 1 aromatic carbocycles. The smallest absolute Gasteiger partial charge is 0.227 e. The average Bonchev–Trinajstić information content (AvgIpc) is 2.37. The van der Waals surface area contributed by atoms with Crippen molar-refractivity contribution < 1.29 is 4.79 Å². The van der Waals surface area contributed by atoms with E-state index < -0.39 is 0 Å². The number of carbonyl (C=O) groups is 1. The lowest BCUT2D eigenvalue weighted by Gasteiger charge is -2.32. The van der Waals surface area contributed by atoms with Crippen molar-refractivity contribution >= 4 is 11.6 Å². The third kappa shape index (κ3) is 2.92. The van der Waals surface area contributed by atoms with Crippen LogP contribution in [0.5, 0.6) is 0 Å². The monoisotopic (exact) mass is 247 g/mol. The summed E-state index contributed by atoms with van der Waals surface area (Å²) >= 11 is 0. The average molecular weight is 247 g/mol. The van der Waals surface area contributed by atoms with E-state index in [4.69, 9.17) is 0 Å². The Balaban J connectivity index is 0.000000771.